The third-order valence-corrected chi connectivity index (χ3v) is 2.41. The summed E-state index contributed by atoms with van der Waals surface area (Å²) in [5.41, 5.74) is 15.7. The van der Waals surface area contributed by atoms with Crippen molar-refractivity contribution in [2.45, 2.75) is 5.03 Å². The maximum atomic E-state index is 11.0. The largest absolute Gasteiger partial charge is 0.385 e. The Morgan fingerprint density at radius 3 is 2.07 bits per heavy atom. The summed E-state index contributed by atoms with van der Waals surface area (Å²) in [6.45, 7) is 0. The summed E-state index contributed by atoms with van der Waals surface area (Å²) in [5.74, 6) is -1.43. The highest BCUT2D eigenvalue weighted by atomic mass is 32.2. The van der Waals surface area contributed by atoms with Gasteiger partial charge in [0.2, 0.25) is 0 Å². The second-order valence-corrected chi connectivity index (χ2v) is 3.37. The Morgan fingerprint density at radius 2 is 1.71 bits per heavy atom. The van der Waals surface area contributed by atoms with Crippen molar-refractivity contribution in [1.29, 1.82) is 0 Å². The maximum absolute atomic E-state index is 11.0. The number of amides is 2. The number of aromatic nitrogens is 1. The molecule has 2 amide bonds. The van der Waals surface area contributed by atoms with Crippen molar-refractivity contribution in [3.63, 3.8) is 0 Å². The van der Waals surface area contributed by atoms with Crippen LogP contribution in [-0.4, -0.2) is 23.1 Å². The fourth-order valence-corrected chi connectivity index (χ4v) is 1.76. The number of thioether (sulfide) groups is 1. The van der Waals surface area contributed by atoms with Gasteiger partial charge in [0.25, 0.3) is 11.8 Å². The minimum atomic E-state index is -0.771. The zero-order valence-corrected chi connectivity index (χ0v) is 8.27. The molecule has 1 rings (SSSR count). The summed E-state index contributed by atoms with van der Waals surface area (Å²) in [5, 5.41) is 0.448. The van der Waals surface area contributed by atoms with Gasteiger partial charge in [-0.1, -0.05) is 0 Å². The van der Waals surface area contributed by atoms with Crippen LogP contribution >= 0.6 is 11.8 Å². The van der Waals surface area contributed by atoms with E-state index in [4.69, 9.17) is 17.2 Å². The number of rotatable bonds is 3. The van der Waals surface area contributed by atoms with Crippen LogP contribution in [0.1, 0.15) is 20.7 Å². The smallest absolute Gasteiger partial charge is 0.253 e. The molecule has 1 aromatic rings. The number of H-pyrrole nitrogens is 1. The molecule has 1 aromatic heterocycles. The second kappa shape index (κ2) is 3.62. The molecule has 7 N–H and O–H groups in total. The first kappa shape index (κ1) is 10.5. The van der Waals surface area contributed by atoms with E-state index in [2.05, 4.69) is 4.98 Å². The maximum Gasteiger partial charge on any atom is 0.253 e. The number of primary amides is 2. The lowest BCUT2D eigenvalue weighted by molar-refractivity contribution is 0.0967. The van der Waals surface area contributed by atoms with Crippen LogP contribution in [0.25, 0.3) is 0 Å². The highest BCUT2D eigenvalue weighted by molar-refractivity contribution is 7.98. The number of nitrogen functional groups attached to an aromatic ring is 1. The Hall–Kier alpha value is -1.63. The minimum absolute atomic E-state index is 0.0400. The fraction of sp³-hybridized carbons (Fsp3) is 0.143. The van der Waals surface area contributed by atoms with Crippen LogP contribution in [0.2, 0.25) is 0 Å². The van der Waals surface area contributed by atoms with Crippen molar-refractivity contribution in [1.82, 2.24) is 4.98 Å². The highest BCUT2D eigenvalue weighted by Gasteiger charge is 2.23. The third kappa shape index (κ3) is 1.53. The summed E-state index contributed by atoms with van der Waals surface area (Å²) in [4.78, 5) is 24.7. The average molecular weight is 214 g/mol. The topological polar surface area (TPSA) is 128 Å². The molecule has 0 saturated heterocycles. The molecule has 0 aromatic carbocycles. The number of carbonyl (C=O) groups is 2. The van der Waals surface area contributed by atoms with E-state index in [0.29, 0.717) is 5.03 Å². The van der Waals surface area contributed by atoms with Gasteiger partial charge in [-0.2, -0.15) is 0 Å². The van der Waals surface area contributed by atoms with Gasteiger partial charge in [0.05, 0.1) is 16.2 Å². The first-order valence-electron chi connectivity index (χ1n) is 3.64. The van der Waals surface area contributed by atoms with Gasteiger partial charge in [-0.25, -0.2) is 0 Å². The second-order valence-electron chi connectivity index (χ2n) is 2.55. The first-order valence-corrected chi connectivity index (χ1v) is 4.86. The predicted octanol–water partition coefficient (Wildman–Crippen LogP) is -0.483. The quantitative estimate of drug-likeness (QED) is 0.506. The zero-order valence-electron chi connectivity index (χ0n) is 7.46. The van der Waals surface area contributed by atoms with Crippen LogP contribution in [0.3, 0.4) is 0 Å². The van der Waals surface area contributed by atoms with Gasteiger partial charge < -0.3 is 22.2 Å². The Balaban J connectivity index is 3.46. The monoisotopic (exact) mass is 214 g/mol. The molecule has 0 spiro atoms. The number of carbonyl (C=O) groups excluding carboxylic acids is 2. The lowest BCUT2D eigenvalue weighted by atomic mass is 10.1. The van der Waals surface area contributed by atoms with Gasteiger partial charge in [0.15, 0.2) is 0 Å². The summed E-state index contributed by atoms with van der Waals surface area (Å²) in [7, 11) is 0. The Morgan fingerprint density at radius 1 is 1.21 bits per heavy atom. The van der Waals surface area contributed by atoms with E-state index in [9.17, 15) is 9.59 Å². The molecule has 0 aliphatic rings. The van der Waals surface area contributed by atoms with Gasteiger partial charge in [-0.15, -0.1) is 11.8 Å². The van der Waals surface area contributed by atoms with Crippen LogP contribution in [0, 0.1) is 0 Å². The van der Waals surface area contributed by atoms with Crippen molar-refractivity contribution >= 4 is 29.4 Å². The average Bonchev–Trinajstić information content (AvgIpc) is 2.41. The van der Waals surface area contributed by atoms with E-state index >= 15 is 0 Å². The van der Waals surface area contributed by atoms with E-state index in [1.807, 2.05) is 0 Å². The van der Waals surface area contributed by atoms with E-state index in [0.717, 1.165) is 0 Å². The number of hydrogen-bond donors (Lipinski definition) is 4. The number of aromatic amines is 1. The normalized spacial score (nSPS) is 10.1. The van der Waals surface area contributed by atoms with E-state index in [1.54, 1.807) is 6.26 Å². The lowest BCUT2D eigenvalue weighted by Crippen LogP contribution is -2.20. The Kier molecular flexibility index (Phi) is 2.70. The molecule has 7 heteroatoms. The van der Waals surface area contributed by atoms with Gasteiger partial charge in [0, 0.05) is 0 Å². The van der Waals surface area contributed by atoms with Gasteiger partial charge in [-0.3, -0.25) is 9.59 Å². The number of nitrogens with two attached hydrogens (primary N) is 3. The molecule has 1 heterocycles. The molecule has 0 bridgehead atoms. The molecule has 6 nitrogen and oxygen atoms in total. The van der Waals surface area contributed by atoms with Crippen molar-refractivity contribution < 1.29 is 9.59 Å². The lowest BCUT2D eigenvalue weighted by Gasteiger charge is -1.97. The molecular formula is C7H10N4O2S. The SMILES string of the molecule is CSc1[nH]c(N)c(C(N)=O)c1C(N)=O. The third-order valence-electron chi connectivity index (χ3n) is 1.69. The number of hydrogen-bond acceptors (Lipinski definition) is 4. The molecule has 0 unspecified atom stereocenters. The standard InChI is InChI=1S/C7H10N4O2S/c1-14-7-3(6(10)13)2(5(9)12)4(8)11-7/h11H,8H2,1H3,(H2,9,12)(H2,10,13). The summed E-state index contributed by atoms with van der Waals surface area (Å²) >= 11 is 1.23. The molecule has 0 radical (unpaired) electrons. The zero-order chi connectivity index (χ0) is 10.9. The molecule has 14 heavy (non-hydrogen) atoms. The van der Waals surface area contributed by atoms with Gasteiger partial charge in [0.1, 0.15) is 5.82 Å². The van der Waals surface area contributed by atoms with Crippen molar-refractivity contribution in [3.8, 4) is 0 Å². The van der Waals surface area contributed by atoms with Crippen LogP contribution in [0.5, 0.6) is 0 Å². The van der Waals surface area contributed by atoms with Gasteiger partial charge in [-0.05, 0) is 6.26 Å². The Bertz CT molecular complexity index is 399. The fourth-order valence-electron chi connectivity index (χ4n) is 1.14. The van der Waals surface area contributed by atoms with Gasteiger partial charge >= 0.3 is 0 Å². The predicted molar refractivity (Wildman–Crippen MR) is 54.0 cm³/mol. The summed E-state index contributed by atoms with van der Waals surface area (Å²) in [6, 6.07) is 0. The van der Waals surface area contributed by atoms with Crippen LogP contribution in [0.15, 0.2) is 5.03 Å². The molecule has 0 saturated carbocycles. The van der Waals surface area contributed by atoms with Crippen LogP contribution < -0.4 is 17.2 Å². The minimum Gasteiger partial charge on any atom is -0.385 e. The van der Waals surface area contributed by atoms with Crippen molar-refractivity contribution in [3.05, 3.63) is 11.1 Å². The highest BCUT2D eigenvalue weighted by Crippen LogP contribution is 2.26. The molecule has 0 aliphatic heterocycles. The first-order chi connectivity index (χ1) is 6.49. The van der Waals surface area contributed by atoms with E-state index < -0.39 is 11.8 Å². The Labute approximate surface area is 84.2 Å². The van der Waals surface area contributed by atoms with Crippen molar-refractivity contribution in [2.24, 2.45) is 11.5 Å². The van der Waals surface area contributed by atoms with E-state index in [1.165, 1.54) is 11.8 Å². The molecule has 0 aliphatic carbocycles. The summed E-state index contributed by atoms with van der Waals surface area (Å²) < 4.78 is 0. The van der Waals surface area contributed by atoms with Crippen LogP contribution in [0.4, 0.5) is 5.82 Å². The molecule has 0 fully saturated rings. The molecular weight excluding hydrogens is 204 g/mol. The van der Waals surface area contributed by atoms with Crippen LogP contribution in [-0.2, 0) is 0 Å². The molecule has 0 atom stereocenters. The molecule has 76 valence electrons. The summed E-state index contributed by atoms with van der Waals surface area (Å²) in [6.07, 6.45) is 1.72. The number of anilines is 1. The number of nitrogens with one attached hydrogen (secondary N) is 1. The van der Waals surface area contributed by atoms with Crippen molar-refractivity contribution in [2.75, 3.05) is 12.0 Å². The van der Waals surface area contributed by atoms with E-state index in [-0.39, 0.29) is 16.9 Å².